The molecule has 6 heterocycles. The van der Waals surface area contributed by atoms with Gasteiger partial charge in [0.25, 0.3) is 0 Å². The maximum atomic E-state index is 13.4. The van der Waals surface area contributed by atoms with E-state index in [4.69, 9.17) is 58.8 Å². The molecule has 0 amide bonds. The number of aromatic carboxylic acids is 1. The van der Waals surface area contributed by atoms with Crippen LogP contribution in [0.25, 0.3) is 0 Å². The number of Topliss-reactive ketones (excluding diaryl/α,β-unsaturated/α-hetero) is 3. The molecular formula is C77H108B3N9O19. The van der Waals surface area contributed by atoms with Gasteiger partial charge in [-0.25, -0.2) is 14.4 Å². The first-order valence-electron chi connectivity index (χ1n) is 36.2. The summed E-state index contributed by atoms with van der Waals surface area (Å²) < 4.78 is 59.1. The van der Waals surface area contributed by atoms with E-state index in [0.29, 0.717) is 82.5 Å². The van der Waals surface area contributed by atoms with Crippen molar-refractivity contribution in [2.75, 3.05) is 25.7 Å². The molecule has 28 nitrogen and oxygen atoms in total. The Labute approximate surface area is 634 Å². The third kappa shape index (κ3) is 17.9. The van der Waals surface area contributed by atoms with E-state index in [0.717, 1.165) is 43.0 Å². The van der Waals surface area contributed by atoms with Gasteiger partial charge in [-0.1, -0.05) is 78.9 Å². The Kier molecular flexibility index (Phi) is 24.9. The molecule has 6 aromatic rings. The molecule has 2 saturated heterocycles. The Morgan fingerprint density at radius 1 is 0.639 bits per heavy atom. The van der Waals surface area contributed by atoms with Crippen LogP contribution in [0.5, 0.6) is 17.2 Å². The molecule has 6 aliphatic carbocycles. The zero-order valence-electron chi connectivity index (χ0n) is 62.9. The molecule has 3 aliphatic heterocycles. The number of nitrogens with zero attached hydrogens (tertiary/aromatic N) is 7. The van der Waals surface area contributed by atoms with E-state index in [9.17, 15) is 43.9 Å². The Bertz CT molecular complexity index is 4310. The number of hydrogen-bond donors (Lipinski definition) is 4. The number of hydrogen-bond acceptors (Lipinski definition) is 23. The minimum Gasteiger partial charge on any atom is -0.535 e. The zero-order valence-corrected chi connectivity index (χ0v) is 62.9. The van der Waals surface area contributed by atoms with Gasteiger partial charge in [0.2, 0.25) is 0 Å². The van der Waals surface area contributed by atoms with E-state index in [1.165, 1.54) is 41.1 Å². The molecule has 31 heteroatoms. The molecule has 584 valence electrons. The number of fused-ring (bicyclic) bond motifs is 1. The number of methoxy groups -OCH3 is 2. The number of ketones is 3. The summed E-state index contributed by atoms with van der Waals surface area (Å²) in [4.78, 5) is 86.6. The number of carboxylic acid groups (broad SMARTS) is 1. The van der Waals surface area contributed by atoms with Crippen LogP contribution in [0.4, 0.5) is 17.1 Å². The van der Waals surface area contributed by atoms with E-state index in [-0.39, 0.29) is 118 Å². The number of aromatic nitrogens is 6. The standard InChI is InChI=1S/C30H40BN3O8.C30H42BN3O6.C15H16BN3O5.2CH4.H2/c1-28(2,3)40-27(36)23-10-8-9-18(26(23)39-7)11-20(14-22(35)17-33-16-21(15-32-33)34(37)38)31-41-25-13-19-12-24(29(19,4)5)30(25,6)42-31;1-28(2,3)38-27(36)23-10-8-9-18(26(23)37-7)11-20(14-22(35)17-34-16-21(32)15-33-34)31-39-25-13-19-12-24(29(19,4)5)30(25,6)40-31;17-11-6-18-19(7-11)8-12(20)5-10-4-9-2-1-3-13(15(21)22)14(9)24-16(10)23;;;/h8-10,15-16,19-20,24-25H,11-14,17H2,1-7H3;8-10,15-16,19-20,24-25H,11-14,17,32H2,1-7H3;1-3,6-7,10,23H,4-5,8,17H2,(H,21,22);2*1H4;1H/t2*19-,20+,24-,25+,30-;10-;;;/m001.../s1. The Hall–Kier alpha value is -8.90. The fourth-order valence-corrected chi connectivity index (χ4v) is 17.2. The monoisotopic (exact) mass is 1500 g/mol. The molecule has 8 fully saturated rings. The molecule has 0 spiro atoms. The van der Waals surface area contributed by atoms with Gasteiger partial charge in [0, 0.05) is 50.5 Å². The third-order valence-electron chi connectivity index (χ3n) is 22.6. The van der Waals surface area contributed by atoms with Crippen molar-refractivity contribution in [1.82, 2.24) is 29.3 Å². The number of para-hydroxylation sites is 3. The number of carbonyl (C=O) groups excluding carboxylic acids is 5. The summed E-state index contributed by atoms with van der Waals surface area (Å²) in [5, 5.41) is 42.5. The highest BCUT2D eigenvalue weighted by atomic mass is 16.7. The normalized spacial score (nSPS) is 24.2. The number of nitrogen functional groups attached to an aromatic ring is 2. The van der Waals surface area contributed by atoms with Crippen LogP contribution in [0.1, 0.15) is 192 Å². The second-order valence-electron chi connectivity index (χ2n) is 33.0. The van der Waals surface area contributed by atoms with Gasteiger partial charge in [-0.2, -0.15) is 15.3 Å². The summed E-state index contributed by atoms with van der Waals surface area (Å²) in [6.07, 6.45) is 14.1. The summed E-state index contributed by atoms with van der Waals surface area (Å²) in [7, 11) is 0.602. The van der Waals surface area contributed by atoms with Crippen molar-refractivity contribution in [3.05, 3.63) is 135 Å². The van der Waals surface area contributed by atoms with Gasteiger partial charge in [-0.15, -0.1) is 0 Å². The predicted molar refractivity (Wildman–Crippen MR) is 408 cm³/mol. The Balaban J connectivity index is 0.000000210. The topological polar surface area (TPSA) is 375 Å². The number of carbonyl (C=O) groups is 6. The first-order valence-corrected chi connectivity index (χ1v) is 36.2. The molecule has 11 atom stereocenters. The van der Waals surface area contributed by atoms with Crippen molar-refractivity contribution in [3.63, 3.8) is 0 Å². The predicted octanol–water partition coefficient (Wildman–Crippen LogP) is 11.9. The molecule has 3 aromatic heterocycles. The molecule has 0 unspecified atom stereocenters. The second-order valence-corrected chi connectivity index (χ2v) is 33.0. The average molecular weight is 1500 g/mol. The number of benzene rings is 3. The first-order chi connectivity index (χ1) is 49.8. The maximum absolute atomic E-state index is 13.4. The lowest BCUT2D eigenvalue weighted by Crippen LogP contribution is -2.65. The summed E-state index contributed by atoms with van der Waals surface area (Å²) in [5.41, 5.74) is 13.2. The van der Waals surface area contributed by atoms with E-state index in [2.05, 4.69) is 56.8 Å². The first kappa shape index (κ1) is 83.1. The Morgan fingerprint density at radius 2 is 1.06 bits per heavy atom. The van der Waals surface area contributed by atoms with Gasteiger partial charge < -0.3 is 63.8 Å². The molecule has 3 aromatic carbocycles. The number of carboxylic acids is 1. The lowest BCUT2D eigenvalue weighted by molar-refractivity contribution is -0.385. The van der Waals surface area contributed by atoms with Crippen LogP contribution in [0.15, 0.2) is 91.8 Å². The lowest BCUT2D eigenvalue weighted by Gasteiger charge is -2.64. The summed E-state index contributed by atoms with van der Waals surface area (Å²) in [6.45, 7) is 24.5. The van der Waals surface area contributed by atoms with Crippen LogP contribution in [0.3, 0.4) is 0 Å². The quantitative estimate of drug-likeness (QED) is 0.0189. The molecule has 9 aliphatic rings. The van der Waals surface area contributed by atoms with Gasteiger partial charge in [-0.05, 0) is 170 Å². The van der Waals surface area contributed by atoms with E-state index >= 15 is 0 Å². The number of anilines is 2. The minimum absolute atomic E-state index is 0. The molecule has 4 bridgehead atoms. The summed E-state index contributed by atoms with van der Waals surface area (Å²) >= 11 is 0. The number of nitrogens with two attached hydrogens (primary N) is 2. The highest BCUT2D eigenvalue weighted by Crippen LogP contribution is 2.68. The number of esters is 2. The number of nitro groups is 1. The third-order valence-corrected chi connectivity index (χ3v) is 22.6. The van der Waals surface area contributed by atoms with Crippen molar-refractivity contribution >= 4 is 73.7 Å². The van der Waals surface area contributed by atoms with Crippen LogP contribution in [0.2, 0.25) is 17.5 Å². The molecule has 108 heavy (non-hydrogen) atoms. The molecule has 0 radical (unpaired) electrons. The van der Waals surface area contributed by atoms with Crippen LogP contribution in [-0.4, -0.2) is 150 Å². The zero-order chi connectivity index (χ0) is 76.9. The Morgan fingerprint density at radius 3 is 1.44 bits per heavy atom. The van der Waals surface area contributed by atoms with Gasteiger partial charge in [-0.3, -0.25) is 38.5 Å². The molecular weight excluding hydrogens is 1390 g/mol. The molecule has 15 rings (SSSR count). The molecule has 6 N–H and O–H groups in total. The average Bonchev–Trinajstić information content (AvgIpc) is 1.64. The lowest BCUT2D eigenvalue weighted by atomic mass is 9.43. The fourth-order valence-electron chi connectivity index (χ4n) is 17.2. The van der Waals surface area contributed by atoms with Crippen molar-refractivity contribution in [1.29, 1.82) is 0 Å². The highest BCUT2D eigenvalue weighted by Gasteiger charge is 2.70. The molecule has 6 saturated carbocycles. The number of ether oxygens (including phenoxy) is 4. The van der Waals surface area contributed by atoms with Gasteiger partial charge in [0.15, 0.2) is 17.3 Å². The van der Waals surface area contributed by atoms with E-state index < -0.39 is 78.2 Å². The van der Waals surface area contributed by atoms with Crippen LogP contribution in [-0.2, 0) is 81.4 Å². The van der Waals surface area contributed by atoms with E-state index in [1.54, 1.807) is 75.3 Å². The van der Waals surface area contributed by atoms with Gasteiger partial charge >= 0.3 is 45.0 Å². The fraction of sp³-hybridized carbons (Fsp3) is 0.571. The van der Waals surface area contributed by atoms with Crippen LogP contribution >= 0.6 is 0 Å². The maximum Gasteiger partial charge on any atom is 0.526 e. The number of rotatable bonds is 24. The highest BCUT2D eigenvalue weighted by molar-refractivity contribution is 6.48. The van der Waals surface area contributed by atoms with Crippen LogP contribution < -0.4 is 25.6 Å². The van der Waals surface area contributed by atoms with Crippen molar-refractivity contribution in [2.24, 2.45) is 34.5 Å². The van der Waals surface area contributed by atoms with Crippen LogP contribution in [0, 0.1) is 44.6 Å². The van der Waals surface area contributed by atoms with Crippen molar-refractivity contribution in [3.8, 4) is 17.2 Å². The van der Waals surface area contributed by atoms with Crippen molar-refractivity contribution in [2.45, 2.75) is 234 Å². The van der Waals surface area contributed by atoms with Gasteiger partial charge in [0.05, 0.1) is 91.5 Å². The minimum atomic E-state index is -1.23. The smallest absolute Gasteiger partial charge is 0.526 e. The SMILES string of the molecule is C.C.COc1c(C[C@H](CC(=O)Cn2cc(N)cn2)B2O[C@@H]3C[C@@H]4C[C@@H](C4(C)C)[C@]3(C)O2)cccc1C(=O)OC(C)(C)C.COc1c(C[C@H](CC(=O)Cn2cc([N+](=O)[O-])cn2)B2O[C@@H]3C[C@@H]4C[C@@H](C4(C)C)[C@]3(C)O2)cccc1C(=O)OC(C)(C)C.Nc1cnn(CC(=O)C[C@H]2Cc3cccc(C(=O)O)c3OB2O)c1.[HH]. The second kappa shape index (κ2) is 32.3. The summed E-state index contributed by atoms with van der Waals surface area (Å²) in [5.74, 6) is -0.576. The summed E-state index contributed by atoms with van der Waals surface area (Å²) in [6, 6.07) is 15.5. The van der Waals surface area contributed by atoms with Crippen molar-refractivity contribution < 1.29 is 87.5 Å². The van der Waals surface area contributed by atoms with E-state index in [1.807, 2.05) is 39.0 Å². The van der Waals surface area contributed by atoms with Gasteiger partial charge in [0.1, 0.15) is 52.0 Å². The largest absolute Gasteiger partial charge is 0.535 e.